The van der Waals surface area contributed by atoms with Crippen molar-refractivity contribution in [1.82, 2.24) is 14.8 Å². The summed E-state index contributed by atoms with van der Waals surface area (Å²) < 4.78 is 15.9. The topological polar surface area (TPSA) is 30.7 Å². The van der Waals surface area contributed by atoms with E-state index >= 15 is 0 Å². The van der Waals surface area contributed by atoms with Crippen molar-refractivity contribution in [3.05, 3.63) is 47.5 Å². The largest absolute Gasteiger partial charge is 0.239 e. The maximum absolute atomic E-state index is 14.1. The summed E-state index contributed by atoms with van der Waals surface area (Å²) >= 11 is 0. The minimum atomic E-state index is -1.00. The molecule has 0 aliphatic carbocycles. The first-order chi connectivity index (χ1) is 9.20. The molecule has 0 unspecified atom stereocenters. The Bertz CT molecular complexity index is 564. The maximum Gasteiger partial charge on any atom is 0.162 e. The van der Waals surface area contributed by atoms with Crippen molar-refractivity contribution < 1.29 is 4.39 Å². The molecule has 2 aromatic rings. The van der Waals surface area contributed by atoms with Gasteiger partial charge in [-0.15, -0.1) is 0 Å². The third-order valence-corrected chi connectivity index (χ3v) is 3.92. The molecule has 1 aliphatic rings. The van der Waals surface area contributed by atoms with Crippen LogP contribution in [0.25, 0.3) is 0 Å². The van der Waals surface area contributed by atoms with Crippen molar-refractivity contribution in [1.29, 1.82) is 0 Å². The molecule has 3 atom stereocenters. The molecule has 100 valence electrons. The van der Waals surface area contributed by atoms with E-state index in [9.17, 15) is 4.39 Å². The Morgan fingerprint density at radius 3 is 2.79 bits per heavy atom. The maximum atomic E-state index is 14.1. The zero-order valence-corrected chi connectivity index (χ0v) is 11.3. The van der Waals surface area contributed by atoms with Crippen LogP contribution in [0.5, 0.6) is 0 Å². The second-order valence-electron chi connectivity index (χ2n) is 5.21. The van der Waals surface area contributed by atoms with Crippen LogP contribution >= 0.6 is 0 Å². The van der Waals surface area contributed by atoms with Crippen LogP contribution in [0.1, 0.15) is 62.0 Å². The summed E-state index contributed by atoms with van der Waals surface area (Å²) in [5, 5.41) is 4.54. The molecule has 2 heterocycles. The number of alkyl halides is 1. The third-order valence-electron chi connectivity index (χ3n) is 3.92. The smallest absolute Gasteiger partial charge is 0.162 e. The van der Waals surface area contributed by atoms with Crippen LogP contribution in [-0.4, -0.2) is 14.8 Å². The van der Waals surface area contributed by atoms with E-state index in [0.717, 1.165) is 17.8 Å². The fourth-order valence-corrected chi connectivity index (χ4v) is 2.54. The average molecular weight is 259 g/mol. The quantitative estimate of drug-likeness (QED) is 0.839. The van der Waals surface area contributed by atoms with E-state index in [1.165, 1.54) is 0 Å². The normalized spacial score (nSPS) is 23.3. The number of hydrogen-bond acceptors (Lipinski definition) is 2. The van der Waals surface area contributed by atoms with Crippen LogP contribution in [0, 0.1) is 0 Å². The van der Waals surface area contributed by atoms with Crippen LogP contribution < -0.4 is 0 Å². The Labute approximate surface area is 112 Å². The van der Waals surface area contributed by atoms with Gasteiger partial charge in [-0.3, -0.25) is 0 Å². The molecule has 19 heavy (non-hydrogen) atoms. The number of fused-ring (bicyclic) bond motifs is 1. The van der Waals surface area contributed by atoms with E-state index in [0.29, 0.717) is 12.2 Å². The highest BCUT2D eigenvalue weighted by Crippen LogP contribution is 2.39. The number of benzene rings is 1. The highest BCUT2D eigenvalue weighted by molar-refractivity contribution is 5.23. The van der Waals surface area contributed by atoms with Crippen molar-refractivity contribution in [3.8, 4) is 0 Å². The van der Waals surface area contributed by atoms with E-state index < -0.39 is 6.17 Å². The van der Waals surface area contributed by atoms with Gasteiger partial charge in [0.05, 0.1) is 6.04 Å². The summed E-state index contributed by atoms with van der Waals surface area (Å²) in [6.45, 7) is 4.17. The predicted octanol–water partition coefficient (Wildman–Crippen LogP) is 3.80. The fourth-order valence-electron chi connectivity index (χ4n) is 2.54. The number of hydrogen-bond donors (Lipinski definition) is 0. The minimum Gasteiger partial charge on any atom is -0.239 e. The molecular weight excluding hydrogens is 241 g/mol. The first-order valence-electron chi connectivity index (χ1n) is 6.86. The Balaban J connectivity index is 1.99. The van der Waals surface area contributed by atoms with Crippen molar-refractivity contribution in [2.45, 2.75) is 44.8 Å². The zero-order valence-electron chi connectivity index (χ0n) is 11.3. The fraction of sp³-hybridized carbons (Fsp3) is 0.467. The Morgan fingerprint density at radius 1 is 1.37 bits per heavy atom. The van der Waals surface area contributed by atoms with E-state index in [2.05, 4.69) is 23.9 Å². The van der Waals surface area contributed by atoms with Gasteiger partial charge in [0.15, 0.2) is 17.8 Å². The SMILES string of the molecule is CC[C@H](C)c1nc2n(n1)[C@H](c1ccccc1)C[C@@H]2F. The van der Waals surface area contributed by atoms with Crippen LogP contribution in [0.15, 0.2) is 30.3 Å². The zero-order chi connectivity index (χ0) is 13.4. The van der Waals surface area contributed by atoms with Gasteiger partial charge in [0, 0.05) is 12.3 Å². The summed E-state index contributed by atoms with van der Waals surface area (Å²) in [5.74, 6) is 1.53. The average Bonchev–Trinajstić information content (AvgIpc) is 3.00. The molecule has 0 saturated carbocycles. The molecule has 3 nitrogen and oxygen atoms in total. The summed E-state index contributed by atoms with van der Waals surface area (Å²) in [5.41, 5.74) is 1.10. The van der Waals surface area contributed by atoms with Gasteiger partial charge >= 0.3 is 0 Å². The molecule has 0 N–H and O–H groups in total. The number of aromatic nitrogens is 3. The van der Waals surface area contributed by atoms with Gasteiger partial charge in [-0.2, -0.15) is 5.10 Å². The molecule has 0 fully saturated rings. The number of nitrogens with zero attached hydrogens (tertiary/aromatic N) is 3. The van der Waals surface area contributed by atoms with Crippen LogP contribution in [0.4, 0.5) is 4.39 Å². The Hall–Kier alpha value is -1.71. The van der Waals surface area contributed by atoms with E-state index in [1.807, 2.05) is 30.3 Å². The first-order valence-corrected chi connectivity index (χ1v) is 6.86. The molecule has 0 saturated heterocycles. The molecule has 1 aromatic carbocycles. The monoisotopic (exact) mass is 259 g/mol. The van der Waals surface area contributed by atoms with E-state index in [-0.39, 0.29) is 12.0 Å². The number of rotatable bonds is 3. The van der Waals surface area contributed by atoms with Gasteiger partial charge in [0.2, 0.25) is 0 Å². The van der Waals surface area contributed by atoms with Gasteiger partial charge < -0.3 is 0 Å². The highest BCUT2D eigenvalue weighted by Gasteiger charge is 2.35. The number of halogens is 1. The van der Waals surface area contributed by atoms with Gasteiger partial charge in [0.1, 0.15) is 0 Å². The standard InChI is InChI=1S/C15H18FN3/c1-3-10(2)14-17-15-12(16)9-13(19(15)18-14)11-7-5-4-6-8-11/h4-8,10,12-13H,3,9H2,1-2H3/t10-,12-,13-/m0/s1. The van der Waals surface area contributed by atoms with Gasteiger partial charge in [-0.1, -0.05) is 44.2 Å². The van der Waals surface area contributed by atoms with E-state index in [4.69, 9.17) is 0 Å². The Kier molecular flexibility index (Phi) is 3.09. The van der Waals surface area contributed by atoms with Gasteiger partial charge in [0.25, 0.3) is 0 Å². The molecule has 1 aliphatic heterocycles. The summed E-state index contributed by atoms with van der Waals surface area (Å²) in [6, 6.07) is 9.96. The van der Waals surface area contributed by atoms with Gasteiger partial charge in [-0.05, 0) is 12.0 Å². The second-order valence-corrected chi connectivity index (χ2v) is 5.21. The van der Waals surface area contributed by atoms with Crippen molar-refractivity contribution in [2.75, 3.05) is 0 Å². The Morgan fingerprint density at radius 2 is 2.11 bits per heavy atom. The van der Waals surface area contributed by atoms with Gasteiger partial charge in [-0.25, -0.2) is 14.1 Å². The van der Waals surface area contributed by atoms with Crippen molar-refractivity contribution in [3.63, 3.8) is 0 Å². The lowest BCUT2D eigenvalue weighted by Gasteiger charge is -2.12. The molecule has 0 spiro atoms. The molecular formula is C15H18FN3. The summed E-state index contributed by atoms with van der Waals surface area (Å²) in [4.78, 5) is 4.40. The van der Waals surface area contributed by atoms with Crippen LogP contribution in [0.2, 0.25) is 0 Å². The second kappa shape index (κ2) is 4.76. The summed E-state index contributed by atoms with van der Waals surface area (Å²) in [6.07, 6.45) is 0.409. The molecule has 0 amide bonds. The first kappa shape index (κ1) is 12.3. The van der Waals surface area contributed by atoms with Crippen LogP contribution in [-0.2, 0) is 0 Å². The lowest BCUT2D eigenvalue weighted by Crippen LogP contribution is -2.08. The lowest BCUT2D eigenvalue weighted by molar-refractivity contribution is 0.327. The molecule has 0 radical (unpaired) electrons. The molecule has 3 rings (SSSR count). The molecule has 0 bridgehead atoms. The van der Waals surface area contributed by atoms with E-state index in [1.54, 1.807) is 4.68 Å². The highest BCUT2D eigenvalue weighted by atomic mass is 19.1. The predicted molar refractivity (Wildman–Crippen MR) is 71.8 cm³/mol. The summed E-state index contributed by atoms with van der Waals surface area (Å²) in [7, 11) is 0. The van der Waals surface area contributed by atoms with Crippen LogP contribution in [0.3, 0.4) is 0 Å². The molecule has 4 heteroatoms. The van der Waals surface area contributed by atoms with Crippen molar-refractivity contribution >= 4 is 0 Å². The lowest BCUT2D eigenvalue weighted by atomic mass is 10.0. The third kappa shape index (κ3) is 2.05. The molecule has 1 aromatic heterocycles. The minimum absolute atomic E-state index is 0.0171. The van der Waals surface area contributed by atoms with Crippen molar-refractivity contribution in [2.24, 2.45) is 0 Å².